The topological polar surface area (TPSA) is 12.0 Å². The van der Waals surface area contributed by atoms with Gasteiger partial charge >= 0.3 is 51.4 Å². The molecule has 0 atom stereocenters. The van der Waals surface area contributed by atoms with Crippen LogP contribution in [-0.4, -0.2) is 6.54 Å². The Morgan fingerprint density at radius 2 is 2.14 bits per heavy atom. The molecule has 1 nitrogen and oxygen atoms in total. The van der Waals surface area contributed by atoms with Crippen LogP contribution in [-0.2, 0) is 0 Å². The first-order valence-corrected chi connectivity index (χ1v) is 2.55. The molecule has 0 bridgehead atoms. The smallest absolute Gasteiger partial charge is 0.470 e. The molecular weight excluding hydrogens is 113 g/mol. The monoisotopic (exact) mass is 123 g/mol. The van der Waals surface area contributed by atoms with Crippen molar-refractivity contribution in [3.63, 3.8) is 0 Å². The van der Waals surface area contributed by atoms with E-state index in [2.05, 4.69) is 11.9 Å². The van der Waals surface area contributed by atoms with E-state index < -0.39 is 0 Å². The molecule has 1 rings (SSSR count). The Kier molecular flexibility index (Phi) is 7.03. The summed E-state index contributed by atoms with van der Waals surface area (Å²) in [7, 11) is 0. The summed E-state index contributed by atoms with van der Waals surface area (Å²) < 4.78 is 0. The first kappa shape index (κ1) is 8.60. The molecule has 36 valence electrons. The van der Waals surface area contributed by atoms with Crippen LogP contribution in [0.4, 0.5) is 0 Å². The van der Waals surface area contributed by atoms with Gasteiger partial charge in [-0.1, -0.05) is 6.42 Å². The van der Waals surface area contributed by atoms with Gasteiger partial charge in [0, 0.05) is 0 Å². The van der Waals surface area contributed by atoms with Crippen molar-refractivity contribution < 1.29 is 51.4 Å². The molecule has 1 aliphatic rings. The third-order valence-electron chi connectivity index (χ3n) is 1.06. The van der Waals surface area contributed by atoms with Crippen LogP contribution >= 0.6 is 0 Å². The average Bonchev–Trinajstić information content (AvgIpc) is 1.72. The van der Waals surface area contributed by atoms with Crippen molar-refractivity contribution in [2.24, 2.45) is 0 Å². The molecule has 0 amide bonds. The molecule has 0 spiro atoms. The van der Waals surface area contributed by atoms with Gasteiger partial charge in [0.2, 0.25) is 0 Å². The van der Waals surface area contributed by atoms with Gasteiger partial charge in [0.25, 0.3) is 0 Å². The molecule has 0 unspecified atom stereocenters. The van der Waals surface area contributed by atoms with Gasteiger partial charge in [-0.15, -0.1) is 0 Å². The molecular formula is C5H10KN. The first-order valence-electron chi connectivity index (χ1n) is 2.55. The zero-order valence-corrected chi connectivity index (χ0v) is 8.03. The Morgan fingerprint density at radius 3 is 2.29 bits per heavy atom. The number of rotatable bonds is 0. The third-order valence-corrected chi connectivity index (χ3v) is 1.06. The molecule has 0 aliphatic carbocycles. The standard InChI is InChI=1S/C5H10N.K/c1-2-4-6-5-3-1;/h4,6H,1-3,5H2;/q-1;+1. The van der Waals surface area contributed by atoms with E-state index in [0.29, 0.717) is 0 Å². The zero-order valence-electron chi connectivity index (χ0n) is 4.91. The minimum Gasteiger partial charge on any atom is -0.470 e. The minimum absolute atomic E-state index is 0. The predicted octanol–water partition coefficient (Wildman–Crippen LogP) is -2.07. The fraction of sp³-hybridized carbons (Fsp3) is 0.800. The first-order chi connectivity index (χ1) is 3.00. The zero-order chi connectivity index (χ0) is 4.24. The number of nitrogens with one attached hydrogen (secondary N) is 1. The van der Waals surface area contributed by atoms with Gasteiger partial charge in [-0.3, -0.25) is 6.54 Å². The Hall–Kier alpha value is 1.60. The number of piperidine rings is 1. The van der Waals surface area contributed by atoms with Crippen LogP contribution in [0.15, 0.2) is 0 Å². The SMILES string of the molecule is [CH-]1CCCCN1.[K+]. The molecule has 1 saturated heterocycles. The molecule has 0 radical (unpaired) electrons. The van der Waals surface area contributed by atoms with E-state index in [1.54, 1.807) is 0 Å². The summed E-state index contributed by atoms with van der Waals surface area (Å²) in [5.41, 5.74) is 0. The molecule has 0 aromatic heterocycles. The molecule has 2 heteroatoms. The van der Waals surface area contributed by atoms with Gasteiger partial charge < -0.3 is 5.32 Å². The minimum atomic E-state index is 0. The molecule has 1 aliphatic heterocycles. The van der Waals surface area contributed by atoms with E-state index in [9.17, 15) is 0 Å². The van der Waals surface area contributed by atoms with Gasteiger partial charge in [0.1, 0.15) is 0 Å². The van der Waals surface area contributed by atoms with Crippen LogP contribution < -0.4 is 56.7 Å². The predicted molar refractivity (Wildman–Crippen MR) is 26.2 cm³/mol. The van der Waals surface area contributed by atoms with Crippen molar-refractivity contribution in [3.8, 4) is 0 Å². The second-order valence-electron chi connectivity index (χ2n) is 1.65. The quantitative estimate of drug-likeness (QED) is 0.288. The van der Waals surface area contributed by atoms with E-state index in [-0.39, 0.29) is 51.4 Å². The fourth-order valence-electron chi connectivity index (χ4n) is 0.678. The van der Waals surface area contributed by atoms with E-state index >= 15 is 0 Å². The fourth-order valence-corrected chi connectivity index (χ4v) is 0.678. The molecule has 7 heavy (non-hydrogen) atoms. The van der Waals surface area contributed by atoms with Crippen molar-refractivity contribution in [1.29, 1.82) is 0 Å². The van der Waals surface area contributed by atoms with Gasteiger partial charge in [-0.25, -0.2) is 0 Å². The summed E-state index contributed by atoms with van der Waals surface area (Å²) >= 11 is 0. The number of hydrogen-bond acceptors (Lipinski definition) is 1. The molecule has 0 aromatic carbocycles. The molecule has 0 aromatic rings. The maximum atomic E-state index is 3.16. The summed E-state index contributed by atoms with van der Waals surface area (Å²) in [6.07, 6.45) is 4.00. The van der Waals surface area contributed by atoms with Crippen LogP contribution in [0.2, 0.25) is 0 Å². The van der Waals surface area contributed by atoms with Crippen LogP contribution in [0.25, 0.3) is 0 Å². The van der Waals surface area contributed by atoms with Crippen molar-refractivity contribution in [2.45, 2.75) is 19.3 Å². The largest absolute Gasteiger partial charge is 1.00 e. The maximum Gasteiger partial charge on any atom is 1.00 e. The summed E-state index contributed by atoms with van der Waals surface area (Å²) in [6.45, 7) is 3.34. The Morgan fingerprint density at radius 1 is 1.29 bits per heavy atom. The molecule has 0 saturated carbocycles. The van der Waals surface area contributed by atoms with Crippen LogP contribution in [0.3, 0.4) is 0 Å². The average molecular weight is 123 g/mol. The van der Waals surface area contributed by atoms with Gasteiger partial charge in [-0.2, -0.15) is 6.42 Å². The van der Waals surface area contributed by atoms with Crippen LogP contribution in [0.5, 0.6) is 0 Å². The van der Waals surface area contributed by atoms with Gasteiger partial charge in [-0.05, 0) is 13.0 Å². The Balaban J connectivity index is 0.000000360. The van der Waals surface area contributed by atoms with E-state index in [1.165, 1.54) is 25.8 Å². The molecule has 1 fully saturated rings. The van der Waals surface area contributed by atoms with Crippen molar-refractivity contribution in [1.82, 2.24) is 5.32 Å². The normalized spacial score (nSPS) is 20.6. The molecule has 1 N–H and O–H groups in total. The summed E-state index contributed by atoms with van der Waals surface area (Å²) in [5.74, 6) is 0. The van der Waals surface area contributed by atoms with Crippen molar-refractivity contribution in [2.75, 3.05) is 6.54 Å². The summed E-state index contributed by atoms with van der Waals surface area (Å²) in [4.78, 5) is 0. The van der Waals surface area contributed by atoms with E-state index in [4.69, 9.17) is 0 Å². The Labute approximate surface area is 87.7 Å². The van der Waals surface area contributed by atoms with E-state index in [1.807, 2.05) is 0 Å². The van der Waals surface area contributed by atoms with Gasteiger partial charge in [0.15, 0.2) is 0 Å². The second kappa shape index (κ2) is 5.73. The Bertz CT molecular complexity index is 23.6. The van der Waals surface area contributed by atoms with E-state index in [0.717, 1.165) is 0 Å². The second-order valence-corrected chi connectivity index (χ2v) is 1.65. The third kappa shape index (κ3) is 4.12. The number of hydrogen-bond donors (Lipinski definition) is 1. The summed E-state index contributed by atoms with van der Waals surface area (Å²) in [6, 6.07) is 0. The van der Waals surface area contributed by atoms with Crippen molar-refractivity contribution in [3.05, 3.63) is 6.54 Å². The summed E-state index contributed by atoms with van der Waals surface area (Å²) in [5, 5.41) is 3.16. The van der Waals surface area contributed by atoms with Crippen LogP contribution in [0.1, 0.15) is 19.3 Å². The van der Waals surface area contributed by atoms with Crippen molar-refractivity contribution >= 4 is 0 Å². The maximum absolute atomic E-state index is 3.16. The van der Waals surface area contributed by atoms with Gasteiger partial charge in [0.05, 0.1) is 0 Å². The molecule has 1 heterocycles. The van der Waals surface area contributed by atoms with Crippen LogP contribution in [0, 0.1) is 6.54 Å².